The van der Waals surface area contributed by atoms with Gasteiger partial charge in [0.2, 0.25) is 5.76 Å². The summed E-state index contributed by atoms with van der Waals surface area (Å²) in [6.07, 6.45) is 0. The standard InChI is InChI=1S/C13H12Br2O4/c1-5(2)8-9-10(15)7(18-3)4-6(14)11(9)19-12(8)13(16)17/h4-5H,1-3H3,(H,16,17). The molecule has 6 heteroatoms. The smallest absolute Gasteiger partial charge is 0.372 e. The molecular formula is C13H12Br2O4. The lowest BCUT2D eigenvalue weighted by molar-refractivity contribution is 0.0662. The minimum Gasteiger partial charge on any atom is -0.496 e. The largest absolute Gasteiger partial charge is 0.496 e. The number of hydrogen-bond donors (Lipinski definition) is 1. The number of fused-ring (bicyclic) bond motifs is 1. The molecule has 0 aliphatic rings. The average molecular weight is 392 g/mol. The molecule has 1 aromatic carbocycles. The third kappa shape index (κ3) is 2.27. The molecule has 4 nitrogen and oxygen atoms in total. The molecule has 0 amide bonds. The molecule has 2 rings (SSSR count). The van der Waals surface area contributed by atoms with Crippen molar-refractivity contribution in [3.8, 4) is 5.75 Å². The first kappa shape index (κ1) is 14.4. The summed E-state index contributed by atoms with van der Waals surface area (Å²) >= 11 is 6.84. The second-order valence-corrected chi connectivity index (χ2v) is 6.03. The number of ether oxygens (including phenoxy) is 1. The summed E-state index contributed by atoms with van der Waals surface area (Å²) in [4.78, 5) is 11.3. The monoisotopic (exact) mass is 390 g/mol. The van der Waals surface area contributed by atoms with Crippen molar-refractivity contribution in [1.29, 1.82) is 0 Å². The lowest BCUT2D eigenvalue weighted by Gasteiger charge is -2.08. The minimum absolute atomic E-state index is 0.0163. The zero-order chi connectivity index (χ0) is 14.3. The zero-order valence-corrected chi connectivity index (χ0v) is 13.8. The van der Waals surface area contributed by atoms with Crippen LogP contribution < -0.4 is 4.74 Å². The number of carboxylic acids is 1. The highest BCUT2D eigenvalue weighted by atomic mass is 79.9. The zero-order valence-electron chi connectivity index (χ0n) is 10.6. The van der Waals surface area contributed by atoms with Crippen molar-refractivity contribution in [2.75, 3.05) is 7.11 Å². The minimum atomic E-state index is -1.07. The first-order valence-corrected chi connectivity index (χ1v) is 7.18. The molecule has 19 heavy (non-hydrogen) atoms. The van der Waals surface area contributed by atoms with Crippen LogP contribution in [0.3, 0.4) is 0 Å². The summed E-state index contributed by atoms with van der Waals surface area (Å²) in [5.74, 6) is -0.459. The molecule has 0 fully saturated rings. The molecule has 0 aliphatic heterocycles. The van der Waals surface area contributed by atoms with Gasteiger partial charge in [-0.1, -0.05) is 13.8 Å². The van der Waals surface area contributed by atoms with Gasteiger partial charge in [-0.05, 0) is 43.8 Å². The Morgan fingerprint density at radius 1 is 1.42 bits per heavy atom. The van der Waals surface area contributed by atoms with E-state index in [0.29, 0.717) is 25.8 Å². The van der Waals surface area contributed by atoms with Crippen LogP contribution in [0, 0.1) is 0 Å². The molecule has 0 unspecified atom stereocenters. The fourth-order valence-electron chi connectivity index (χ4n) is 2.06. The number of benzene rings is 1. The SMILES string of the molecule is COc1cc(Br)c2oc(C(=O)O)c(C(C)C)c2c1Br. The Morgan fingerprint density at radius 2 is 2.05 bits per heavy atom. The van der Waals surface area contributed by atoms with Crippen LogP contribution in [0.25, 0.3) is 11.0 Å². The van der Waals surface area contributed by atoms with Crippen molar-refractivity contribution in [3.05, 3.63) is 26.3 Å². The first-order chi connectivity index (χ1) is 8.88. The molecule has 102 valence electrons. The normalized spacial score (nSPS) is 11.3. The quantitative estimate of drug-likeness (QED) is 0.817. The number of methoxy groups -OCH3 is 1. The fourth-order valence-corrected chi connectivity index (χ4v) is 3.21. The Morgan fingerprint density at radius 3 is 2.53 bits per heavy atom. The van der Waals surface area contributed by atoms with E-state index < -0.39 is 5.97 Å². The molecule has 0 aliphatic carbocycles. The molecule has 0 saturated heterocycles. The molecule has 1 heterocycles. The highest BCUT2D eigenvalue weighted by Crippen LogP contribution is 2.44. The van der Waals surface area contributed by atoms with Gasteiger partial charge in [0.1, 0.15) is 5.75 Å². The fraction of sp³-hybridized carbons (Fsp3) is 0.308. The molecule has 0 atom stereocenters. The van der Waals surface area contributed by atoms with Gasteiger partial charge in [-0.15, -0.1) is 0 Å². The van der Waals surface area contributed by atoms with Crippen LogP contribution in [0.1, 0.15) is 35.9 Å². The molecule has 2 aromatic rings. The highest BCUT2D eigenvalue weighted by Gasteiger charge is 2.26. The van der Waals surface area contributed by atoms with Crippen LogP contribution in [0.15, 0.2) is 19.4 Å². The van der Waals surface area contributed by atoms with Crippen molar-refractivity contribution in [2.24, 2.45) is 0 Å². The van der Waals surface area contributed by atoms with Crippen molar-refractivity contribution >= 4 is 48.8 Å². The molecular weight excluding hydrogens is 380 g/mol. The number of hydrogen-bond acceptors (Lipinski definition) is 3. The number of aromatic carboxylic acids is 1. The Hall–Kier alpha value is -1.01. The lowest BCUT2D eigenvalue weighted by Crippen LogP contribution is -2.00. The van der Waals surface area contributed by atoms with E-state index in [1.807, 2.05) is 13.8 Å². The molecule has 0 spiro atoms. The first-order valence-electron chi connectivity index (χ1n) is 5.60. The highest BCUT2D eigenvalue weighted by molar-refractivity contribution is 9.11. The second kappa shape index (κ2) is 5.17. The summed E-state index contributed by atoms with van der Waals surface area (Å²) in [6, 6.07) is 1.74. The topological polar surface area (TPSA) is 59.7 Å². The van der Waals surface area contributed by atoms with Gasteiger partial charge >= 0.3 is 5.97 Å². The van der Waals surface area contributed by atoms with Crippen molar-refractivity contribution in [2.45, 2.75) is 19.8 Å². The molecule has 0 bridgehead atoms. The van der Waals surface area contributed by atoms with Gasteiger partial charge in [0.05, 0.1) is 16.1 Å². The predicted octanol–water partition coefficient (Wildman–Crippen LogP) is 4.79. The summed E-state index contributed by atoms with van der Waals surface area (Å²) in [5.41, 5.74) is 1.17. The second-order valence-electron chi connectivity index (χ2n) is 4.38. The van der Waals surface area contributed by atoms with Crippen LogP contribution in [0.2, 0.25) is 0 Å². The Labute approximate surface area is 127 Å². The summed E-state index contributed by atoms with van der Waals surface area (Å²) in [7, 11) is 1.56. The van der Waals surface area contributed by atoms with Gasteiger partial charge in [0.25, 0.3) is 0 Å². The van der Waals surface area contributed by atoms with Crippen molar-refractivity contribution in [3.63, 3.8) is 0 Å². The number of carbonyl (C=O) groups is 1. The number of furan rings is 1. The summed E-state index contributed by atoms with van der Waals surface area (Å²) < 4.78 is 12.1. The van der Waals surface area contributed by atoms with E-state index in [1.165, 1.54) is 0 Å². The van der Waals surface area contributed by atoms with Gasteiger partial charge in [-0.2, -0.15) is 0 Å². The van der Waals surface area contributed by atoms with Crippen molar-refractivity contribution in [1.82, 2.24) is 0 Å². The van der Waals surface area contributed by atoms with E-state index >= 15 is 0 Å². The Balaban J connectivity index is 2.97. The van der Waals surface area contributed by atoms with Crippen LogP contribution >= 0.6 is 31.9 Å². The lowest BCUT2D eigenvalue weighted by atomic mass is 9.99. The van der Waals surface area contributed by atoms with E-state index in [9.17, 15) is 9.90 Å². The third-order valence-corrected chi connectivity index (χ3v) is 4.22. The Bertz CT molecular complexity index is 658. The van der Waals surface area contributed by atoms with E-state index in [2.05, 4.69) is 31.9 Å². The summed E-state index contributed by atoms with van der Waals surface area (Å²) in [5, 5.41) is 10.0. The maximum atomic E-state index is 11.3. The van der Waals surface area contributed by atoms with Gasteiger partial charge in [-0.3, -0.25) is 0 Å². The van der Waals surface area contributed by atoms with Gasteiger partial charge in [0, 0.05) is 10.9 Å². The molecule has 1 N–H and O–H groups in total. The van der Waals surface area contributed by atoms with Crippen LogP contribution in [-0.4, -0.2) is 18.2 Å². The molecule has 0 saturated carbocycles. The third-order valence-electron chi connectivity index (χ3n) is 2.85. The van der Waals surface area contributed by atoms with E-state index in [-0.39, 0.29) is 11.7 Å². The van der Waals surface area contributed by atoms with Gasteiger partial charge < -0.3 is 14.3 Å². The van der Waals surface area contributed by atoms with Crippen LogP contribution in [-0.2, 0) is 0 Å². The maximum Gasteiger partial charge on any atom is 0.372 e. The van der Waals surface area contributed by atoms with Crippen LogP contribution in [0.4, 0.5) is 0 Å². The van der Waals surface area contributed by atoms with Gasteiger partial charge in [0.15, 0.2) is 5.58 Å². The Kier molecular flexibility index (Phi) is 3.92. The molecule has 0 radical (unpaired) electrons. The van der Waals surface area contributed by atoms with E-state index in [1.54, 1.807) is 13.2 Å². The average Bonchev–Trinajstić information content (AvgIpc) is 2.74. The number of rotatable bonds is 3. The number of carboxylic acid groups (broad SMARTS) is 1. The van der Waals surface area contributed by atoms with E-state index in [0.717, 1.165) is 5.39 Å². The number of halogens is 2. The van der Waals surface area contributed by atoms with Crippen LogP contribution in [0.5, 0.6) is 5.75 Å². The molecule has 1 aromatic heterocycles. The maximum absolute atomic E-state index is 11.3. The van der Waals surface area contributed by atoms with Gasteiger partial charge in [-0.25, -0.2) is 4.79 Å². The van der Waals surface area contributed by atoms with Crippen molar-refractivity contribution < 1.29 is 19.1 Å². The predicted molar refractivity (Wildman–Crippen MR) is 79.2 cm³/mol. The van der Waals surface area contributed by atoms with E-state index in [4.69, 9.17) is 9.15 Å². The summed E-state index contributed by atoms with van der Waals surface area (Å²) in [6.45, 7) is 3.85.